The minimum absolute atomic E-state index is 1.33. The Morgan fingerprint density at radius 3 is 1.67 bits per heavy atom. The molecule has 0 N–H and O–H groups in total. The summed E-state index contributed by atoms with van der Waals surface area (Å²) in [4.78, 5) is 1.33. The second kappa shape index (κ2) is 7.56. The van der Waals surface area contributed by atoms with E-state index in [0.29, 0.717) is 0 Å². The fraction of sp³-hybridized carbons (Fsp3) is 0.400. The molecule has 0 spiro atoms. The van der Waals surface area contributed by atoms with Gasteiger partial charge in [-0.1, -0.05) is 17.7 Å². The van der Waals surface area contributed by atoms with Crippen LogP contribution in [0.15, 0.2) is 29.2 Å². The van der Waals surface area contributed by atoms with Crippen molar-refractivity contribution in [3.8, 4) is 0 Å². The topological polar surface area (TPSA) is 0 Å². The van der Waals surface area contributed by atoms with Gasteiger partial charge in [0.25, 0.3) is 0 Å². The first kappa shape index (κ1) is 11.9. The zero-order valence-corrected chi connectivity index (χ0v) is 9.76. The third kappa shape index (κ3) is 5.56. The number of aryl methyl sites for hydroxylation is 1. The van der Waals surface area contributed by atoms with Crippen molar-refractivity contribution in [3.63, 3.8) is 0 Å². The number of hydrogen-bond donors (Lipinski definition) is 0. The Labute approximate surface area is 84.1 Å². The van der Waals surface area contributed by atoms with Crippen molar-refractivity contribution in [2.75, 3.05) is 18.8 Å². The molecule has 0 saturated heterocycles. The van der Waals surface area contributed by atoms with Crippen LogP contribution < -0.4 is 0 Å². The van der Waals surface area contributed by atoms with E-state index in [0.717, 1.165) is 0 Å². The van der Waals surface area contributed by atoms with E-state index in [9.17, 15) is 0 Å². The molecule has 2 heteroatoms. The molecule has 0 heterocycles. The average Bonchev–Trinajstić information content (AvgIpc) is 2.07. The van der Waals surface area contributed by atoms with E-state index in [4.69, 9.17) is 0 Å². The summed E-state index contributed by atoms with van der Waals surface area (Å²) in [5.74, 6) is 0. The van der Waals surface area contributed by atoms with Gasteiger partial charge in [-0.25, -0.2) is 0 Å². The molecule has 0 saturated carbocycles. The minimum atomic E-state index is 1.33. The lowest BCUT2D eigenvalue weighted by molar-refractivity contribution is 1.38. The molecule has 0 atom stereocenters. The van der Waals surface area contributed by atoms with Crippen LogP contribution >= 0.6 is 23.5 Å². The van der Waals surface area contributed by atoms with Crippen LogP contribution in [0.4, 0.5) is 0 Å². The third-order valence-corrected chi connectivity index (χ3v) is 2.00. The maximum Gasteiger partial charge on any atom is 0.00693 e. The predicted molar refractivity (Wildman–Crippen MR) is 62.4 cm³/mol. The van der Waals surface area contributed by atoms with Crippen molar-refractivity contribution in [3.05, 3.63) is 29.8 Å². The highest BCUT2D eigenvalue weighted by Crippen LogP contribution is 2.13. The van der Waals surface area contributed by atoms with Crippen molar-refractivity contribution in [1.82, 2.24) is 0 Å². The normalized spacial score (nSPS) is 8.67. The molecule has 0 aliphatic carbocycles. The third-order valence-electron chi connectivity index (χ3n) is 1.26. The summed E-state index contributed by atoms with van der Waals surface area (Å²) in [7, 11) is 0. The zero-order valence-electron chi connectivity index (χ0n) is 8.13. The second-order valence-corrected chi connectivity index (χ2v) is 4.12. The number of hydrogen-bond acceptors (Lipinski definition) is 2. The Bertz CT molecular complexity index is 191. The Morgan fingerprint density at radius 2 is 1.33 bits per heavy atom. The molecule has 0 unspecified atom stereocenters. The summed E-state index contributed by atoms with van der Waals surface area (Å²) in [6, 6.07) is 8.54. The lowest BCUT2D eigenvalue weighted by atomic mass is 10.2. The Balaban J connectivity index is 0.000000354. The van der Waals surface area contributed by atoms with E-state index >= 15 is 0 Å². The smallest absolute Gasteiger partial charge is 0.00693 e. The summed E-state index contributed by atoms with van der Waals surface area (Å²) in [6.07, 6.45) is 6.17. The van der Waals surface area contributed by atoms with Gasteiger partial charge in [-0.05, 0) is 37.8 Å². The van der Waals surface area contributed by atoms with Gasteiger partial charge < -0.3 is 0 Å². The lowest BCUT2D eigenvalue weighted by Crippen LogP contribution is -1.70. The SMILES string of the molecule is CSC.CSc1ccc(C)cc1. The molecular weight excluding hydrogens is 184 g/mol. The molecule has 0 radical (unpaired) electrons. The van der Waals surface area contributed by atoms with Gasteiger partial charge >= 0.3 is 0 Å². The molecule has 0 fully saturated rings. The number of thioether (sulfide) groups is 2. The largest absolute Gasteiger partial charge is 0.169 e. The first-order valence-corrected chi connectivity index (χ1v) is 6.61. The van der Waals surface area contributed by atoms with E-state index in [1.165, 1.54) is 10.5 Å². The van der Waals surface area contributed by atoms with Crippen LogP contribution in [0.5, 0.6) is 0 Å². The summed E-state index contributed by atoms with van der Waals surface area (Å²) >= 11 is 3.53. The highest BCUT2D eigenvalue weighted by atomic mass is 32.2. The Morgan fingerprint density at radius 1 is 0.917 bits per heavy atom. The van der Waals surface area contributed by atoms with Crippen LogP contribution in [0.3, 0.4) is 0 Å². The predicted octanol–water partition coefficient (Wildman–Crippen LogP) is 3.70. The molecule has 0 amide bonds. The molecule has 1 aromatic carbocycles. The van der Waals surface area contributed by atoms with Crippen molar-refractivity contribution in [1.29, 1.82) is 0 Å². The maximum absolute atomic E-state index is 2.14. The zero-order chi connectivity index (χ0) is 9.40. The van der Waals surface area contributed by atoms with Crippen molar-refractivity contribution in [2.24, 2.45) is 0 Å². The van der Waals surface area contributed by atoms with Crippen LogP contribution in [0, 0.1) is 6.92 Å². The van der Waals surface area contributed by atoms with E-state index in [-0.39, 0.29) is 0 Å². The summed E-state index contributed by atoms with van der Waals surface area (Å²) in [5.41, 5.74) is 1.33. The number of benzene rings is 1. The summed E-state index contributed by atoms with van der Waals surface area (Å²) < 4.78 is 0. The van der Waals surface area contributed by atoms with Crippen LogP contribution in [0.25, 0.3) is 0 Å². The van der Waals surface area contributed by atoms with Crippen molar-refractivity contribution < 1.29 is 0 Å². The second-order valence-electron chi connectivity index (χ2n) is 2.43. The lowest BCUT2D eigenvalue weighted by Gasteiger charge is -1.93. The van der Waals surface area contributed by atoms with Gasteiger partial charge in [0, 0.05) is 4.90 Å². The average molecular weight is 200 g/mol. The van der Waals surface area contributed by atoms with Gasteiger partial charge in [0.05, 0.1) is 0 Å². The van der Waals surface area contributed by atoms with E-state index < -0.39 is 0 Å². The molecule has 1 rings (SSSR count). The summed E-state index contributed by atoms with van der Waals surface area (Å²) in [6.45, 7) is 2.10. The highest BCUT2D eigenvalue weighted by Gasteiger charge is 1.85. The molecule has 0 aromatic heterocycles. The van der Waals surface area contributed by atoms with Gasteiger partial charge in [-0.15, -0.1) is 11.8 Å². The van der Waals surface area contributed by atoms with Crippen LogP contribution in [-0.2, 0) is 0 Å². The van der Waals surface area contributed by atoms with Gasteiger partial charge in [0.2, 0.25) is 0 Å². The molecule has 0 bridgehead atoms. The van der Waals surface area contributed by atoms with E-state index in [1.54, 1.807) is 23.5 Å². The molecule has 0 aliphatic heterocycles. The van der Waals surface area contributed by atoms with Gasteiger partial charge in [0.15, 0.2) is 0 Å². The standard InChI is InChI=1S/C8H10S.C2H6S/c1-7-3-5-8(9-2)6-4-7;1-3-2/h3-6H,1-2H3;1-2H3. The fourth-order valence-electron chi connectivity index (χ4n) is 0.674. The Hall–Kier alpha value is -0.0800. The molecule has 1 aromatic rings. The monoisotopic (exact) mass is 200 g/mol. The van der Waals surface area contributed by atoms with Gasteiger partial charge in [-0.3, -0.25) is 0 Å². The molecule has 68 valence electrons. The molecule has 0 nitrogen and oxygen atoms in total. The first-order valence-electron chi connectivity index (χ1n) is 3.75. The van der Waals surface area contributed by atoms with Crippen LogP contribution in [0.1, 0.15) is 5.56 Å². The van der Waals surface area contributed by atoms with Gasteiger partial charge in [-0.2, -0.15) is 11.8 Å². The van der Waals surface area contributed by atoms with E-state index in [2.05, 4.69) is 37.4 Å². The summed E-state index contributed by atoms with van der Waals surface area (Å²) in [5, 5.41) is 0. The van der Waals surface area contributed by atoms with Crippen molar-refractivity contribution >= 4 is 23.5 Å². The van der Waals surface area contributed by atoms with Gasteiger partial charge in [0.1, 0.15) is 0 Å². The quantitative estimate of drug-likeness (QED) is 0.634. The highest BCUT2D eigenvalue weighted by molar-refractivity contribution is 7.98. The fourth-order valence-corrected chi connectivity index (χ4v) is 1.08. The minimum Gasteiger partial charge on any atom is -0.169 e. The first-order chi connectivity index (χ1) is 5.74. The molecule has 12 heavy (non-hydrogen) atoms. The number of rotatable bonds is 1. The van der Waals surface area contributed by atoms with Crippen LogP contribution in [0.2, 0.25) is 0 Å². The Kier molecular flexibility index (Phi) is 7.51. The van der Waals surface area contributed by atoms with E-state index in [1.807, 2.05) is 12.5 Å². The molecular formula is C10H16S2. The maximum atomic E-state index is 2.14. The molecule has 0 aliphatic rings. The van der Waals surface area contributed by atoms with Crippen molar-refractivity contribution in [2.45, 2.75) is 11.8 Å². The van der Waals surface area contributed by atoms with Crippen LogP contribution in [-0.4, -0.2) is 18.8 Å².